The van der Waals surface area contributed by atoms with Gasteiger partial charge in [-0.25, -0.2) is 0 Å². The van der Waals surface area contributed by atoms with Gasteiger partial charge >= 0.3 is 6.18 Å². The number of rotatable bonds is 5. The monoisotopic (exact) mass is 371 g/mol. The Morgan fingerprint density at radius 3 is 3.00 bits per heavy atom. The summed E-state index contributed by atoms with van der Waals surface area (Å²) in [5.74, 6) is -0.613. The molecule has 1 amide bonds. The highest BCUT2D eigenvalue weighted by Crippen LogP contribution is 2.30. The summed E-state index contributed by atoms with van der Waals surface area (Å²) in [6.07, 6.45) is -3.79. The first-order valence-corrected chi connectivity index (χ1v) is 8.29. The topological polar surface area (TPSA) is 84.8 Å². The van der Waals surface area contributed by atoms with E-state index in [2.05, 4.69) is 20.6 Å². The number of carbonyl (C=O) groups is 1. The van der Waals surface area contributed by atoms with E-state index in [1.807, 2.05) is 0 Å². The number of hydrogen-bond donors (Lipinski definition) is 2. The van der Waals surface area contributed by atoms with E-state index < -0.39 is 11.9 Å². The number of H-pyrrole nitrogens is 1. The fourth-order valence-corrected chi connectivity index (χ4v) is 2.92. The number of ether oxygens (including phenoxy) is 1. The van der Waals surface area contributed by atoms with Crippen LogP contribution in [-0.4, -0.2) is 39.0 Å². The molecule has 142 valence electrons. The van der Waals surface area contributed by atoms with Crippen molar-refractivity contribution in [2.24, 2.45) is 5.92 Å². The van der Waals surface area contributed by atoms with Gasteiger partial charge in [0, 0.05) is 30.8 Å². The normalized spacial score (nSPS) is 15.6. The predicted octanol–water partition coefficient (Wildman–Crippen LogP) is 2.07. The van der Waals surface area contributed by atoms with Crippen molar-refractivity contribution >= 4 is 5.91 Å². The minimum absolute atomic E-state index is 0.0464. The minimum Gasteiger partial charge on any atom is -0.376 e. The second kappa shape index (κ2) is 7.10. The van der Waals surface area contributed by atoms with Crippen LogP contribution in [0.3, 0.4) is 0 Å². The predicted molar refractivity (Wildman–Crippen MR) is 85.4 cm³/mol. The number of amides is 1. The van der Waals surface area contributed by atoms with E-state index >= 15 is 0 Å². The van der Waals surface area contributed by atoms with Crippen LogP contribution in [0, 0.1) is 12.8 Å². The first-order chi connectivity index (χ1) is 12.3. The van der Waals surface area contributed by atoms with Crippen LogP contribution in [0.25, 0.3) is 0 Å². The first-order valence-electron chi connectivity index (χ1n) is 8.29. The Labute approximate surface area is 147 Å². The van der Waals surface area contributed by atoms with E-state index in [1.165, 1.54) is 6.92 Å². The molecular weight excluding hydrogens is 351 g/mol. The van der Waals surface area contributed by atoms with Crippen LogP contribution in [0.5, 0.6) is 0 Å². The molecular formula is C16H20F3N5O2. The number of hydrogen-bond acceptors (Lipinski definition) is 4. The van der Waals surface area contributed by atoms with Crippen molar-refractivity contribution in [2.75, 3.05) is 13.2 Å². The summed E-state index contributed by atoms with van der Waals surface area (Å²) in [5.41, 5.74) is 1.42. The van der Waals surface area contributed by atoms with Crippen LogP contribution in [0.2, 0.25) is 0 Å². The van der Waals surface area contributed by atoms with Crippen molar-refractivity contribution < 1.29 is 22.7 Å². The Kier molecular flexibility index (Phi) is 5.03. The average molecular weight is 371 g/mol. The molecule has 0 radical (unpaired) electrons. The van der Waals surface area contributed by atoms with Gasteiger partial charge in [0.05, 0.1) is 18.9 Å². The molecule has 7 nitrogen and oxygen atoms in total. The van der Waals surface area contributed by atoms with Crippen LogP contribution >= 0.6 is 0 Å². The molecule has 0 spiro atoms. The molecule has 3 heterocycles. The molecule has 26 heavy (non-hydrogen) atoms. The summed E-state index contributed by atoms with van der Waals surface area (Å²) in [5, 5.41) is 13.5. The molecule has 2 aromatic heterocycles. The van der Waals surface area contributed by atoms with Crippen molar-refractivity contribution in [2.45, 2.75) is 39.6 Å². The van der Waals surface area contributed by atoms with Gasteiger partial charge in [0.15, 0.2) is 5.69 Å². The zero-order valence-corrected chi connectivity index (χ0v) is 14.5. The molecule has 3 rings (SSSR count). The van der Waals surface area contributed by atoms with Gasteiger partial charge in [0.2, 0.25) is 0 Å². The second-order valence-electron chi connectivity index (χ2n) is 6.50. The number of alkyl halides is 3. The van der Waals surface area contributed by atoms with E-state index in [9.17, 15) is 18.0 Å². The number of halogens is 3. The lowest BCUT2D eigenvalue weighted by atomic mass is 10.1. The first kappa shape index (κ1) is 18.4. The maximum absolute atomic E-state index is 13.0. The third kappa shape index (κ3) is 3.90. The average Bonchev–Trinajstić information content (AvgIpc) is 3.16. The lowest BCUT2D eigenvalue weighted by Crippen LogP contribution is -2.32. The van der Waals surface area contributed by atoms with E-state index in [4.69, 9.17) is 4.74 Å². The van der Waals surface area contributed by atoms with Crippen molar-refractivity contribution in [3.8, 4) is 0 Å². The Bertz CT molecular complexity index is 796. The molecule has 0 aliphatic carbocycles. The van der Waals surface area contributed by atoms with Gasteiger partial charge in [-0.1, -0.05) is 6.92 Å². The van der Waals surface area contributed by atoms with E-state index in [1.54, 1.807) is 6.92 Å². The molecule has 0 bridgehead atoms. The Morgan fingerprint density at radius 1 is 1.50 bits per heavy atom. The maximum Gasteiger partial charge on any atom is 0.433 e. The smallest absolute Gasteiger partial charge is 0.376 e. The number of carbonyl (C=O) groups excluding carboxylic acids is 1. The van der Waals surface area contributed by atoms with Gasteiger partial charge in [-0.15, -0.1) is 0 Å². The molecule has 1 atom stereocenters. The maximum atomic E-state index is 13.0. The molecule has 1 aliphatic rings. The lowest BCUT2D eigenvalue weighted by molar-refractivity contribution is -0.144. The Morgan fingerprint density at radius 2 is 2.27 bits per heavy atom. The Hall–Kier alpha value is -2.36. The van der Waals surface area contributed by atoms with Gasteiger partial charge in [0.25, 0.3) is 5.91 Å². The largest absolute Gasteiger partial charge is 0.433 e. The SMILES string of the molecule is Cc1cc(C(F)(F)F)n(CC(C)CNC(=O)c2n[nH]c3c2COCC3)n1. The highest BCUT2D eigenvalue weighted by Gasteiger charge is 2.35. The van der Waals surface area contributed by atoms with Crippen molar-refractivity contribution in [1.82, 2.24) is 25.3 Å². The lowest BCUT2D eigenvalue weighted by Gasteiger charge is -2.16. The molecule has 0 fully saturated rings. The van der Waals surface area contributed by atoms with Crippen molar-refractivity contribution in [3.05, 3.63) is 34.4 Å². The molecule has 0 aromatic carbocycles. The molecule has 1 aliphatic heterocycles. The highest BCUT2D eigenvalue weighted by molar-refractivity contribution is 5.93. The number of aromatic amines is 1. The van der Waals surface area contributed by atoms with E-state index in [0.29, 0.717) is 25.3 Å². The number of nitrogens with one attached hydrogen (secondary N) is 2. The molecule has 2 aromatic rings. The van der Waals surface area contributed by atoms with Crippen molar-refractivity contribution in [3.63, 3.8) is 0 Å². The van der Waals surface area contributed by atoms with Crippen LogP contribution in [0.15, 0.2) is 6.07 Å². The summed E-state index contributed by atoms with van der Waals surface area (Å²) < 4.78 is 45.3. The zero-order valence-electron chi connectivity index (χ0n) is 14.5. The number of aryl methyl sites for hydroxylation is 1. The molecule has 2 N–H and O–H groups in total. The summed E-state index contributed by atoms with van der Waals surface area (Å²) in [7, 11) is 0. The third-order valence-corrected chi connectivity index (χ3v) is 4.20. The van der Waals surface area contributed by atoms with Crippen LogP contribution in [0.4, 0.5) is 13.2 Å². The fraction of sp³-hybridized carbons (Fsp3) is 0.562. The molecule has 1 unspecified atom stereocenters. The summed E-state index contributed by atoms with van der Waals surface area (Å²) in [6, 6.07) is 1.02. The van der Waals surface area contributed by atoms with Gasteiger partial charge in [-0.3, -0.25) is 14.6 Å². The van der Waals surface area contributed by atoms with Crippen LogP contribution in [0.1, 0.15) is 40.1 Å². The highest BCUT2D eigenvalue weighted by atomic mass is 19.4. The van der Waals surface area contributed by atoms with Crippen molar-refractivity contribution in [1.29, 1.82) is 0 Å². The Balaban J connectivity index is 1.60. The zero-order chi connectivity index (χ0) is 18.9. The van der Waals surface area contributed by atoms with Gasteiger partial charge < -0.3 is 10.1 Å². The summed E-state index contributed by atoms with van der Waals surface area (Å²) in [6.45, 7) is 4.42. The summed E-state index contributed by atoms with van der Waals surface area (Å²) in [4.78, 5) is 12.3. The van der Waals surface area contributed by atoms with E-state index in [0.717, 1.165) is 22.0 Å². The molecule has 0 saturated heterocycles. The number of fused-ring (bicyclic) bond motifs is 1. The molecule has 10 heteroatoms. The number of aromatic nitrogens is 4. The van der Waals surface area contributed by atoms with Crippen LogP contribution < -0.4 is 5.32 Å². The van der Waals surface area contributed by atoms with Gasteiger partial charge in [-0.2, -0.15) is 23.4 Å². The third-order valence-electron chi connectivity index (χ3n) is 4.20. The minimum atomic E-state index is -4.46. The van der Waals surface area contributed by atoms with E-state index in [-0.39, 0.29) is 30.6 Å². The molecule has 0 saturated carbocycles. The number of nitrogens with zero attached hydrogens (tertiary/aromatic N) is 3. The van der Waals surface area contributed by atoms with Crippen LogP contribution in [-0.2, 0) is 30.5 Å². The standard InChI is InChI=1S/C16H20F3N5O2/c1-9(7-24-13(16(17,18)19)5-10(2)23-24)6-20-15(25)14-11-8-26-4-3-12(11)21-22-14/h5,9H,3-4,6-8H2,1-2H3,(H,20,25)(H,21,22). The quantitative estimate of drug-likeness (QED) is 0.843. The fourth-order valence-electron chi connectivity index (χ4n) is 2.92. The van der Waals surface area contributed by atoms with Gasteiger partial charge in [-0.05, 0) is 18.9 Å². The second-order valence-corrected chi connectivity index (χ2v) is 6.50. The van der Waals surface area contributed by atoms with Gasteiger partial charge in [0.1, 0.15) is 5.69 Å². The summed E-state index contributed by atoms with van der Waals surface area (Å²) >= 11 is 0.